The predicted molar refractivity (Wildman–Crippen MR) is 77.2 cm³/mol. The van der Waals surface area contributed by atoms with Crippen molar-refractivity contribution < 1.29 is 14.6 Å². The van der Waals surface area contributed by atoms with E-state index in [9.17, 15) is 14.9 Å². The Hall–Kier alpha value is -3.22. The second-order valence-electron chi connectivity index (χ2n) is 3.96. The van der Waals surface area contributed by atoms with Crippen LogP contribution in [-0.2, 0) is 4.84 Å². The molecule has 0 aliphatic rings. The highest BCUT2D eigenvalue weighted by Crippen LogP contribution is 2.11. The first-order valence-electron chi connectivity index (χ1n) is 5.96. The minimum absolute atomic E-state index is 0.0623. The lowest BCUT2D eigenvalue weighted by Crippen LogP contribution is -2.10. The maximum absolute atomic E-state index is 11.4. The van der Waals surface area contributed by atoms with E-state index in [4.69, 9.17) is 0 Å². The van der Waals surface area contributed by atoms with Gasteiger partial charge in [-0.15, -0.1) is 0 Å². The third kappa shape index (κ3) is 4.43. The summed E-state index contributed by atoms with van der Waals surface area (Å²) in [5, 5.41) is 16.6. The first-order chi connectivity index (χ1) is 10.1. The molecule has 0 saturated carbocycles. The fourth-order valence-electron chi connectivity index (χ4n) is 1.52. The Bertz CT molecular complexity index is 671. The zero-order chi connectivity index (χ0) is 15.1. The van der Waals surface area contributed by atoms with Crippen molar-refractivity contribution in [2.75, 3.05) is 5.32 Å². The van der Waals surface area contributed by atoms with E-state index in [1.807, 2.05) is 6.07 Å². The molecule has 0 radical (unpaired) electrons. The monoisotopic (exact) mass is 285 g/mol. The summed E-state index contributed by atoms with van der Waals surface area (Å²) >= 11 is 0. The fraction of sp³-hybridized carbons (Fsp3) is 0. The average Bonchev–Trinajstić information content (AvgIpc) is 2.48. The Labute approximate surface area is 120 Å². The second-order valence-corrected chi connectivity index (χ2v) is 3.96. The average molecular weight is 285 g/mol. The van der Waals surface area contributed by atoms with E-state index < -0.39 is 11.0 Å². The van der Waals surface area contributed by atoms with E-state index in [-0.39, 0.29) is 5.69 Å². The first-order valence-corrected chi connectivity index (χ1v) is 5.96. The van der Waals surface area contributed by atoms with Gasteiger partial charge in [0.25, 0.3) is 5.69 Å². The molecule has 7 heteroatoms. The van der Waals surface area contributed by atoms with Crippen LogP contribution in [0.15, 0.2) is 59.8 Å². The molecular formula is C14H11N3O4. The SMILES string of the molecule is O=C(Nc1ccccc1)O/N=C\c1cccc([N+](=O)[O-])c1. The van der Waals surface area contributed by atoms with E-state index in [1.165, 1.54) is 24.4 Å². The molecule has 0 saturated heterocycles. The van der Waals surface area contributed by atoms with Gasteiger partial charge >= 0.3 is 6.09 Å². The number of carbonyl (C=O) groups is 1. The summed E-state index contributed by atoms with van der Waals surface area (Å²) in [7, 11) is 0. The van der Waals surface area contributed by atoms with Crippen LogP contribution < -0.4 is 5.32 Å². The molecule has 0 spiro atoms. The van der Waals surface area contributed by atoms with Crippen molar-refractivity contribution in [3.05, 3.63) is 70.3 Å². The van der Waals surface area contributed by atoms with Gasteiger partial charge in [-0.2, -0.15) is 0 Å². The largest absolute Gasteiger partial charge is 0.437 e. The Morgan fingerprint density at radius 2 is 1.95 bits per heavy atom. The van der Waals surface area contributed by atoms with Gasteiger partial charge in [0.2, 0.25) is 0 Å². The number of benzene rings is 2. The number of nitrogens with zero attached hydrogens (tertiary/aromatic N) is 2. The number of para-hydroxylation sites is 1. The van der Waals surface area contributed by atoms with Crippen molar-refractivity contribution in [3.63, 3.8) is 0 Å². The third-order valence-electron chi connectivity index (χ3n) is 2.44. The van der Waals surface area contributed by atoms with E-state index in [1.54, 1.807) is 30.3 Å². The molecule has 0 unspecified atom stereocenters. The number of rotatable bonds is 4. The number of nitrogens with one attached hydrogen (secondary N) is 1. The molecule has 0 bridgehead atoms. The fourth-order valence-corrected chi connectivity index (χ4v) is 1.52. The number of nitro benzene ring substituents is 1. The van der Waals surface area contributed by atoms with Crippen molar-refractivity contribution in [1.29, 1.82) is 0 Å². The molecule has 0 aliphatic heterocycles. The summed E-state index contributed by atoms with van der Waals surface area (Å²) in [6, 6.07) is 14.6. The lowest BCUT2D eigenvalue weighted by Gasteiger charge is -2.01. The maximum Gasteiger partial charge on any atom is 0.437 e. The molecule has 1 amide bonds. The van der Waals surface area contributed by atoms with Crippen LogP contribution in [0.25, 0.3) is 0 Å². The van der Waals surface area contributed by atoms with Crippen LogP contribution in [0.2, 0.25) is 0 Å². The highest BCUT2D eigenvalue weighted by Gasteiger charge is 2.05. The number of oxime groups is 1. The molecule has 0 fully saturated rings. The summed E-state index contributed by atoms with van der Waals surface area (Å²) < 4.78 is 0. The van der Waals surface area contributed by atoms with Crippen LogP contribution >= 0.6 is 0 Å². The molecule has 7 nitrogen and oxygen atoms in total. The smallest absolute Gasteiger partial charge is 0.298 e. The molecule has 0 atom stereocenters. The van der Waals surface area contributed by atoms with Crippen LogP contribution in [0.3, 0.4) is 0 Å². The number of hydrogen-bond donors (Lipinski definition) is 1. The van der Waals surface area contributed by atoms with E-state index in [0.29, 0.717) is 11.3 Å². The topological polar surface area (TPSA) is 93.8 Å². The maximum atomic E-state index is 11.4. The van der Waals surface area contributed by atoms with Gasteiger partial charge in [-0.3, -0.25) is 20.3 Å². The van der Waals surface area contributed by atoms with Gasteiger partial charge in [-0.1, -0.05) is 35.5 Å². The van der Waals surface area contributed by atoms with Crippen molar-refractivity contribution in [1.82, 2.24) is 0 Å². The Morgan fingerprint density at radius 1 is 1.19 bits per heavy atom. The summed E-state index contributed by atoms with van der Waals surface area (Å²) in [4.78, 5) is 26.1. The highest BCUT2D eigenvalue weighted by atomic mass is 16.7. The van der Waals surface area contributed by atoms with Gasteiger partial charge in [-0.25, -0.2) is 4.79 Å². The summed E-state index contributed by atoms with van der Waals surface area (Å²) in [5.41, 5.74) is 0.970. The summed E-state index contributed by atoms with van der Waals surface area (Å²) in [6.07, 6.45) is 0.472. The van der Waals surface area contributed by atoms with E-state index in [0.717, 1.165) is 0 Å². The molecule has 106 valence electrons. The van der Waals surface area contributed by atoms with Gasteiger partial charge in [0.1, 0.15) is 0 Å². The third-order valence-corrected chi connectivity index (χ3v) is 2.44. The summed E-state index contributed by atoms with van der Waals surface area (Å²) in [5.74, 6) is 0. The van der Waals surface area contributed by atoms with Gasteiger partial charge in [0.05, 0.1) is 11.1 Å². The number of non-ortho nitro benzene ring substituents is 1. The molecule has 0 aromatic heterocycles. The number of anilines is 1. The quantitative estimate of drug-likeness (QED) is 0.404. The Balaban J connectivity index is 1.91. The zero-order valence-electron chi connectivity index (χ0n) is 10.8. The van der Waals surface area contributed by atoms with Crippen molar-refractivity contribution >= 4 is 23.7 Å². The molecule has 2 aromatic rings. The van der Waals surface area contributed by atoms with Crippen LogP contribution in [-0.4, -0.2) is 17.2 Å². The van der Waals surface area contributed by atoms with Crippen LogP contribution in [0, 0.1) is 10.1 Å². The zero-order valence-corrected chi connectivity index (χ0v) is 10.8. The standard InChI is InChI=1S/C14H11N3O4/c18-14(16-12-6-2-1-3-7-12)21-15-10-11-5-4-8-13(9-11)17(19)20/h1-10H,(H,16,18)/b15-10-. The van der Waals surface area contributed by atoms with Crippen molar-refractivity contribution in [2.24, 2.45) is 5.16 Å². The molecule has 21 heavy (non-hydrogen) atoms. The van der Waals surface area contributed by atoms with Crippen LogP contribution in [0.1, 0.15) is 5.56 Å². The van der Waals surface area contributed by atoms with E-state index in [2.05, 4.69) is 15.3 Å². The van der Waals surface area contributed by atoms with Gasteiger partial charge < -0.3 is 0 Å². The van der Waals surface area contributed by atoms with E-state index >= 15 is 0 Å². The van der Waals surface area contributed by atoms with Crippen molar-refractivity contribution in [2.45, 2.75) is 0 Å². The second kappa shape index (κ2) is 6.80. The number of nitro groups is 1. The van der Waals surface area contributed by atoms with Crippen LogP contribution in [0.4, 0.5) is 16.2 Å². The molecule has 1 N–H and O–H groups in total. The lowest BCUT2D eigenvalue weighted by atomic mass is 10.2. The first kappa shape index (κ1) is 14.2. The highest BCUT2D eigenvalue weighted by molar-refractivity contribution is 5.86. The molecular weight excluding hydrogens is 274 g/mol. The van der Waals surface area contributed by atoms with Gasteiger partial charge in [0.15, 0.2) is 0 Å². The Kier molecular flexibility index (Phi) is 4.60. The number of carbonyl (C=O) groups excluding carboxylic acids is 1. The predicted octanol–water partition coefficient (Wildman–Crippen LogP) is 3.18. The lowest BCUT2D eigenvalue weighted by molar-refractivity contribution is -0.384. The molecule has 0 aliphatic carbocycles. The summed E-state index contributed by atoms with van der Waals surface area (Å²) in [6.45, 7) is 0. The van der Waals surface area contributed by atoms with Crippen LogP contribution in [0.5, 0.6) is 0 Å². The normalized spacial score (nSPS) is 10.3. The molecule has 0 heterocycles. The Morgan fingerprint density at radius 3 is 2.67 bits per heavy atom. The molecule has 2 rings (SSSR count). The minimum atomic E-state index is -0.747. The number of amides is 1. The van der Waals surface area contributed by atoms with Gasteiger partial charge in [0, 0.05) is 23.4 Å². The van der Waals surface area contributed by atoms with Crippen molar-refractivity contribution in [3.8, 4) is 0 Å². The van der Waals surface area contributed by atoms with Gasteiger partial charge in [-0.05, 0) is 12.1 Å². The molecule has 2 aromatic carbocycles. The minimum Gasteiger partial charge on any atom is -0.298 e. The number of hydrogen-bond acceptors (Lipinski definition) is 5.